The Bertz CT molecular complexity index is 288. The van der Waals surface area contributed by atoms with Crippen molar-refractivity contribution in [2.24, 2.45) is 0 Å². The molecule has 3 nitrogen and oxygen atoms in total. The summed E-state index contributed by atoms with van der Waals surface area (Å²) in [6.45, 7) is 0.745. The molecule has 2 unspecified atom stereocenters. The minimum absolute atomic E-state index is 0.0363. The molecule has 1 saturated heterocycles. The van der Waals surface area contributed by atoms with Gasteiger partial charge < -0.3 is 9.84 Å². The first-order chi connectivity index (χ1) is 7.36. The van der Waals surface area contributed by atoms with E-state index in [0.29, 0.717) is 6.42 Å². The number of rotatable bonds is 3. The molecule has 1 aliphatic heterocycles. The van der Waals surface area contributed by atoms with Gasteiger partial charge in [-0.1, -0.05) is 6.07 Å². The predicted molar refractivity (Wildman–Crippen MR) is 61.0 cm³/mol. The largest absolute Gasteiger partial charge is 0.390 e. The van der Waals surface area contributed by atoms with Crippen LogP contribution in [-0.2, 0) is 11.2 Å². The van der Waals surface area contributed by atoms with Crippen molar-refractivity contribution in [2.45, 2.75) is 18.6 Å². The van der Waals surface area contributed by atoms with Gasteiger partial charge in [-0.25, -0.2) is 0 Å². The smallest absolute Gasteiger partial charge is 0.0928 e. The Balaban J connectivity index is 1.88. The molecule has 1 fully saturated rings. The highest BCUT2D eigenvalue weighted by Crippen LogP contribution is 2.17. The van der Waals surface area contributed by atoms with E-state index in [-0.39, 0.29) is 6.10 Å². The average molecular weight is 225 g/mol. The van der Waals surface area contributed by atoms with Gasteiger partial charge in [-0.15, -0.1) is 0 Å². The van der Waals surface area contributed by atoms with E-state index in [2.05, 4.69) is 4.98 Å². The van der Waals surface area contributed by atoms with Crippen LogP contribution in [0.4, 0.5) is 0 Å². The molecule has 2 heterocycles. The van der Waals surface area contributed by atoms with Gasteiger partial charge in [0.25, 0.3) is 0 Å². The van der Waals surface area contributed by atoms with Gasteiger partial charge in [-0.3, -0.25) is 4.98 Å². The Morgan fingerprint density at radius 2 is 2.53 bits per heavy atom. The number of aliphatic hydroxyl groups excluding tert-OH is 1. The number of aliphatic hydroxyl groups is 1. The molecular weight excluding hydrogens is 210 g/mol. The first-order valence-electron chi connectivity index (χ1n) is 5.13. The van der Waals surface area contributed by atoms with Crippen molar-refractivity contribution in [1.29, 1.82) is 0 Å². The average Bonchev–Trinajstić information content (AvgIpc) is 2.31. The van der Waals surface area contributed by atoms with E-state index in [1.807, 2.05) is 30.0 Å². The fourth-order valence-electron chi connectivity index (χ4n) is 1.59. The third-order valence-corrected chi connectivity index (χ3v) is 3.43. The number of ether oxygens (including phenoxy) is 1. The lowest BCUT2D eigenvalue weighted by Gasteiger charge is -2.26. The van der Waals surface area contributed by atoms with Crippen molar-refractivity contribution < 1.29 is 9.84 Å². The number of hydrogen-bond donors (Lipinski definition) is 1. The van der Waals surface area contributed by atoms with Crippen molar-refractivity contribution in [3.63, 3.8) is 0 Å². The van der Waals surface area contributed by atoms with Crippen LogP contribution < -0.4 is 0 Å². The van der Waals surface area contributed by atoms with Gasteiger partial charge in [-0.05, 0) is 12.1 Å². The summed E-state index contributed by atoms with van der Waals surface area (Å²) in [7, 11) is 0. The molecule has 0 aliphatic carbocycles. The van der Waals surface area contributed by atoms with Crippen LogP contribution in [0.15, 0.2) is 24.4 Å². The Morgan fingerprint density at radius 1 is 1.60 bits per heavy atom. The van der Waals surface area contributed by atoms with Gasteiger partial charge in [0.2, 0.25) is 0 Å². The van der Waals surface area contributed by atoms with Crippen LogP contribution in [-0.4, -0.2) is 40.4 Å². The van der Waals surface area contributed by atoms with Gasteiger partial charge in [0.05, 0.1) is 18.8 Å². The molecule has 0 saturated carbocycles. The number of hydrogen-bond acceptors (Lipinski definition) is 4. The highest BCUT2D eigenvalue weighted by Gasteiger charge is 2.23. The van der Waals surface area contributed by atoms with Gasteiger partial charge in [0.15, 0.2) is 0 Å². The summed E-state index contributed by atoms with van der Waals surface area (Å²) in [5.41, 5.74) is 0.921. The van der Waals surface area contributed by atoms with Gasteiger partial charge in [0, 0.05) is 29.8 Å². The van der Waals surface area contributed by atoms with Gasteiger partial charge in [-0.2, -0.15) is 11.8 Å². The molecule has 82 valence electrons. The predicted octanol–water partition coefficient (Wildman–Crippen LogP) is 1.12. The monoisotopic (exact) mass is 225 g/mol. The summed E-state index contributed by atoms with van der Waals surface area (Å²) < 4.78 is 5.51. The van der Waals surface area contributed by atoms with E-state index >= 15 is 0 Å². The normalized spacial score (nSPS) is 23.7. The fourth-order valence-corrected chi connectivity index (χ4v) is 2.52. The summed E-state index contributed by atoms with van der Waals surface area (Å²) in [6.07, 6.45) is 1.85. The molecule has 0 radical (unpaired) electrons. The summed E-state index contributed by atoms with van der Waals surface area (Å²) in [5.74, 6) is 1.92. The van der Waals surface area contributed by atoms with Crippen molar-refractivity contribution >= 4 is 11.8 Å². The number of aromatic nitrogens is 1. The number of thioether (sulfide) groups is 1. The summed E-state index contributed by atoms with van der Waals surface area (Å²) >= 11 is 1.84. The van der Waals surface area contributed by atoms with Crippen LogP contribution in [0.2, 0.25) is 0 Å². The highest BCUT2D eigenvalue weighted by atomic mass is 32.2. The zero-order valence-electron chi connectivity index (χ0n) is 8.50. The lowest BCUT2D eigenvalue weighted by Crippen LogP contribution is -2.36. The van der Waals surface area contributed by atoms with Crippen molar-refractivity contribution in [3.05, 3.63) is 30.1 Å². The zero-order valence-corrected chi connectivity index (χ0v) is 9.32. The van der Waals surface area contributed by atoms with Crippen LogP contribution in [0.5, 0.6) is 0 Å². The molecule has 1 aliphatic rings. The maximum atomic E-state index is 9.95. The molecule has 2 rings (SSSR count). The molecule has 0 spiro atoms. The first-order valence-corrected chi connectivity index (χ1v) is 6.29. The maximum absolute atomic E-state index is 9.95. The minimum Gasteiger partial charge on any atom is -0.390 e. The standard InChI is InChI=1S/C11H15NO2S/c13-10(11-8-15-6-5-14-11)7-9-3-1-2-4-12-9/h1-4,10-11,13H,5-8H2. The van der Waals surface area contributed by atoms with E-state index < -0.39 is 6.10 Å². The molecule has 0 bridgehead atoms. The lowest BCUT2D eigenvalue weighted by atomic mass is 10.1. The third kappa shape index (κ3) is 3.19. The van der Waals surface area contributed by atoms with Crippen LogP contribution in [0.3, 0.4) is 0 Å². The van der Waals surface area contributed by atoms with E-state index in [4.69, 9.17) is 4.74 Å². The number of pyridine rings is 1. The molecule has 0 aromatic carbocycles. The SMILES string of the molecule is OC(Cc1ccccn1)C1CSCCO1. The van der Waals surface area contributed by atoms with Crippen molar-refractivity contribution in [3.8, 4) is 0 Å². The van der Waals surface area contributed by atoms with Crippen LogP contribution in [0.1, 0.15) is 5.69 Å². The molecular formula is C11H15NO2S. The maximum Gasteiger partial charge on any atom is 0.0928 e. The molecule has 0 amide bonds. The van der Waals surface area contributed by atoms with E-state index in [9.17, 15) is 5.11 Å². The second-order valence-electron chi connectivity index (χ2n) is 3.58. The van der Waals surface area contributed by atoms with Crippen LogP contribution in [0, 0.1) is 0 Å². The first kappa shape index (κ1) is 10.9. The minimum atomic E-state index is -0.437. The number of nitrogens with zero attached hydrogens (tertiary/aromatic N) is 1. The molecule has 1 aromatic rings. The molecule has 4 heteroatoms. The zero-order chi connectivity index (χ0) is 10.5. The highest BCUT2D eigenvalue weighted by molar-refractivity contribution is 7.99. The summed E-state index contributed by atoms with van der Waals surface area (Å²) in [5, 5.41) is 9.95. The topological polar surface area (TPSA) is 42.4 Å². The van der Waals surface area contributed by atoms with Crippen LogP contribution in [0.25, 0.3) is 0 Å². The fraction of sp³-hybridized carbons (Fsp3) is 0.545. The Hall–Kier alpha value is -0.580. The summed E-state index contributed by atoms with van der Waals surface area (Å²) in [6, 6.07) is 5.74. The van der Waals surface area contributed by atoms with E-state index in [1.54, 1.807) is 6.20 Å². The Morgan fingerprint density at radius 3 is 3.20 bits per heavy atom. The second kappa shape index (κ2) is 5.49. The molecule has 15 heavy (non-hydrogen) atoms. The molecule has 2 atom stereocenters. The molecule has 1 N–H and O–H groups in total. The quantitative estimate of drug-likeness (QED) is 0.837. The van der Waals surface area contributed by atoms with Crippen molar-refractivity contribution in [1.82, 2.24) is 4.98 Å². The van der Waals surface area contributed by atoms with Crippen LogP contribution >= 0.6 is 11.8 Å². The van der Waals surface area contributed by atoms with E-state index in [0.717, 1.165) is 23.8 Å². The third-order valence-electron chi connectivity index (χ3n) is 2.42. The Kier molecular flexibility index (Phi) is 4.00. The van der Waals surface area contributed by atoms with E-state index in [1.165, 1.54) is 0 Å². The Labute approximate surface area is 93.9 Å². The van der Waals surface area contributed by atoms with Gasteiger partial charge in [0.1, 0.15) is 0 Å². The second-order valence-corrected chi connectivity index (χ2v) is 4.73. The summed E-state index contributed by atoms with van der Waals surface area (Å²) in [4.78, 5) is 4.19. The van der Waals surface area contributed by atoms with Crippen molar-refractivity contribution in [2.75, 3.05) is 18.1 Å². The van der Waals surface area contributed by atoms with Gasteiger partial charge >= 0.3 is 0 Å². The lowest BCUT2D eigenvalue weighted by molar-refractivity contribution is -0.0211. The molecule has 1 aromatic heterocycles.